The molecular formula is C9H9O5-. The van der Waals surface area contributed by atoms with Gasteiger partial charge in [0.25, 0.3) is 0 Å². The molecule has 0 aliphatic heterocycles. The number of ether oxygens (including phenoxy) is 1. The van der Waals surface area contributed by atoms with E-state index in [0.29, 0.717) is 5.76 Å². The van der Waals surface area contributed by atoms with Crippen LogP contribution >= 0.6 is 0 Å². The minimum Gasteiger partial charge on any atom is -0.550 e. The first-order chi connectivity index (χ1) is 6.68. The summed E-state index contributed by atoms with van der Waals surface area (Å²) in [5, 5.41) is 10.00. The van der Waals surface area contributed by atoms with E-state index in [0.717, 1.165) is 0 Å². The second-order valence-electron chi connectivity index (χ2n) is 2.61. The lowest BCUT2D eigenvalue weighted by Gasteiger charge is -2.02. The van der Waals surface area contributed by atoms with E-state index in [1.807, 2.05) is 0 Å². The maximum absolute atomic E-state index is 10.9. The predicted octanol–water partition coefficient (Wildman–Crippen LogP) is -0.147. The molecule has 0 amide bonds. The van der Waals surface area contributed by atoms with Gasteiger partial charge < -0.3 is 19.1 Å². The number of hydrogen-bond donors (Lipinski definition) is 0. The molecule has 0 saturated heterocycles. The van der Waals surface area contributed by atoms with Gasteiger partial charge in [0.2, 0.25) is 0 Å². The van der Waals surface area contributed by atoms with E-state index in [1.54, 1.807) is 12.1 Å². The van der Waals surface area contributed by atoms with Crippen LogP contribution in [-0.2, 0) is 20.9 Å². The van der Waals surface area contributed by atoms with Crippen LogP contribution < -0.4 is 5.11 Å². The molecule has 0 aromatic carbocycles. The van der Waals surface area contributed by atoms with Crippen LogP contribution in [-0.4, -0.2) is 11.9 Å². The van der Waals surface area contributed by atoms with E-state index in [-0.39, 0.29) is 19.4 Å². The fourth-order valence-electron chi connectivity index (χ4n) is 0.823. The third-order valence-corrected chi connectivity index (χ3v) is 1.49. The van der Waals surface area contributed by atoms with Gasteiger partial charge in [-0.2, -0.15) is 0 Å². The number of carboxylic acid groups (broad SMARTS) is 1. The second kappa shape index (κ2) is 5.06. The lowest BCUT2D eigenvalue weighted by Crippen LogP contribution is -2.23. The lowest BCUT2D eigenvalue weighted by molar-refractivity contribution is -0.305. The Hall–Kier alpha value is -1.78. The maximum atomic E-state index is 10.9. The summed E-state index contributed by atoms with van der Waals surface area (Å²) in [5.74, 6) is -1.32. The van der Waals surface area contributed by atoms with Crippen molar-refractivity contribution in [3.8, 4) is 0 Å². The van der Waals surface area contributed by atoms with Crippen LogP contribution in [0.1, 0.15) is 18.6 Å². The summed E-state index contributed by atoms with van der Waals surface area (Å²) in [6, 6.07) is 3.33. The van der Waals surface area contributed by atoms with E-state index in [9.17, 15) is 14.7 Å². The topological polar surface area (TPSA) is 79.6 Å². The van der Waals surface area contributed by atoms with Crippen LogP contribution in [0.15, 0.2) is 22.8 Å². The number of carboxylic acids is 1. The quantitative estimate of drug-likeness (QED) is 0.613. The molecule has 0 bridgehead atoms. The number of esters is 1. The molecule has 0 aliphatic rings. The minimum absolute atomic E-state index is 0.0267. The fraction of sp³-hybridized carbons (Fsp3) is 0.333. The highest BCUT2D eigenvalue weighted by molar-refractivity contribution is 5.75. The molecule has 1 rings (SSSR count). The number of furan rings is 1. The summed E-state index contributed by atoms with van der Waals surface area (Å²) in [6.07, 6.45) is 0.963. The highest BCUT2D eigenvalue weighted by Crippen LogP contribution is 2.03. The van der Waals surface area contributed by atoms with Crippen LogP contribution in [0.2, 0.25) is 0 Å². The first-order valence-electron chi connectivity index (χ1n) is 4.06. The van der Waals surface area contributed by atoms with E-state index in [2.05, 4.69) is 0 Å². The Balaban J connectivity index is 2.18. The molecule has 1 aromatic rings. The molecule has 0 N–H and O–H groups in total. The molecule has 0 radical (unpaired) electrons. The summed E-state index contributed by atoms with van der Waals surface area (Å²) in [7, 11) is 0. The molecule has 5 nitrogen and oxygen atoms in total. The molecule has 1 heterocycles. The van der Waals surface area contributed by atoms with Gasteiger partial charge in [0, 0.05) is 5.97 Å². The fourth-order valence-corrected chi connectivity index (χ4v) is 0.823. The van der Waals surface area contributed by atoms with Gasteiger partial charge in [-0.15, -0.1) is 0 Å². The zero-order valence-corrected chi connectivity index (χ0v) is 7.39. The van der Waals surface area contributed by atoms with Crippen LogP contribution in [0.4, 0.5) is 0 Å². The first-order valence-corrected chi connectivity index (χ1v) is 4.06. The summed E-state index contributed by atoms with van der Waals surface area (Å²) < 4.78 is 9.62. The van der Waals surface area contributed by atoms with Crippen molar-refractivity contribution >= 4 is 11.9 Å². The van der Waals surface area contributed by atoms with Gasteiger partial charge in [0.05, 0.1) is 12.7 Å². The van der Waals surface area contributed by atoms with Crippen molar-refractivity contribution in [1.82, 2.24) is 0 Å². The van der Waals surface area contributed by atoms with E-state index in [1.165, 1.54) is 6.26 Å². The first kappa shape index (κ1) is 10.3. The van der Waals surface area contributed by atoms with Gasteiger partial charge in [-0.25, -0.2) is 0 Å². The smallest absolute Gasteiger partial charge is 0.306 e. The summed E-state index contributed by atoms with van der Waals surface area (Å²) in [4.78, 5) is 20.9. The molecule has 0 spiro atoms. The number of carbonyl (C=O) groups is 2. The van der Waals surface area contributed by atoms with Gasteiger partial charge in [-0.05, 0) is 18.6 Å². The summed E-state index contributed by atoms with van der Waals surface area (Å²) >= 11 is 0. The molecule has 14 heavy (non-hydrogen) atoms. The standard InChI is InChI=1S/C9H10O5/c10-8(11)3-4-9(12)14-6-7-2-1-5-13-7/h1-2,5H,3-4,6H2,(H,10,11)/p-1. The zero-order chi connectivity index (χ0) is 10.4. The lowest BCUT2D eigenvalue weighted by atomic mass is 10.3. The Kier molecular flexibility index (Phi) is 3.72. The van der Waals surface area contributed by atoms with Crippen LogP contribution in [0, 0.1) is 0 Å². The molecule has 0 aliphatic carbocycles. The van der Waals surface area contributed by atoms with Gasteiger partial charge in [0.15, 0.2) is 0 Å². The van der Waals surface area contributed by atoms with Crippen molar-refractivity contribution in [2.24, 2.45) is 0 Å². The van der Waals surface area contributed by atoms with Crippen molar-refractivity contribution < 1.29 is 23.8 Å². The van der Waals surface area contributed by atoms with E-state index < -0.39 is 11.9 Å². The zero-order valence-electron chi connectivity index (χ0n) is 7.39. The average molecular weight is 197 g/mol. The Labute approximate surface area is 80.3 Å². The molecule has 5 heteroatoms. The Morgan fingerprint density at radius 2 is 2.21 bits per heavy atom. The normalized spacial score (nSPS) is 9.71. The maximum Gasteiger partial charge on any atom is 0.306 e. The second-order valence-corrected chi connectivity index (χ2v) is 2.61. The van der Waals surface area contributed by atoms with Crippen molar-refractivity contribution in [3.63, 3.8) is 0 Å². The summed E-state index contributed by atoms with van der Waals surface area (Å²) in [6.45, 7) is 0.0267. The predicted molar refractivity (Wildman–Crippen MR) is 42.7 cm³/mol. The Morgan fingerprint density at radius 1 is 1.43 bits per heavy atom. The molecule has 0 fully saturated rings. The number of rotatable bonds is 5. The average Bonchev–Trinajstić information content (AvgIpc) is 2.63. The number of carbonyl (C=O) groups excluding carboxylic acids is 2. The van der Waals surface area contributed by atoms with Crippen LogP contribution in [0.5, 0.6) is 0 Å². The minimum atomic E-state index is -1.26. The highest BCUT2D eigenvalue weighted by Gasteiger charge is 2.04. The molecule has 0 atom stereocenters. The van der Waals surface area contributed by atoms with Crippen LogP contribution in [0.25, 0.3) is 0 Å². The van der Waals surface area contributed by atoms with E-state index >= 15 is 0 Å². The van der Waals surface area contributed by atoms with Gasteiger partial charge in [-0.3, -0.25) is 4.79 Å². The largest absolute Gasteiger partial charge is 0.550 e. The van der Waals surface area contributed by atoms with E-state index in [4.69, 9.17) is 9.15 Å². The Morgan fingerprint density at radius 3 is 2.79 bits per heavy atom. The van der Waals surface area contributed by atoms with Crippen molar-refractivity contribution in [1.29, 1.82) is 0 Å². The number of hydrogen-bond acceptors (Lipinski definition) is 5. The van der Waals surface area contributed by atoms with Crippen LogP contribution in [0.3, 0.4) is 0 Å². The van der Waals surface area contributed by atoms with Gasteiger partial charge in [0.1, 0.15) is 12.4 Å². The molecule has 76 valence electrons. The number of aliphatic carboxylic acids is 1. The van der Waals surface area contributed by atoms with Crippen molar-refractivity contribution in [2.45, 2.75) is 19.4 Å². The van der Waals surface area contributed by atoms with Crippen molar-refractivity contribution in [3.05, 3.63) is 24.2 Å². The summed E-state index contributed by atoms with van der Waals surface area (Å²) in [5.41, 5.74) is 0. The molecule has 0 unspecified atom stereocenters. The molecule has 0 saturated carbocycles. The highest BCUT2D eigenvalue weighted by atomic mass is 16.5. The molecule has 1 aromatic heterocycles. The molecular weight excluding hydrogens is 188 g/mol. The Bertz CT molecular complexity index is 301. The monoisotopic (exact) mass is 197 g/mol. The SMILES string of the molecule is O=C([O-])CCC(=O)OCc1ccco1. The third kappa shape index (κ3) is 3.75. The van der Waals surface area contributed by atoms with Gasteiger partial charge >= 0.3 is 5.97 Å². The third-order valence-electron chi connectivity index (χ3n) is 1.49. The van der Waals surface area contributed by atoms with Crippen molar-refractivity contribution in [2.75, 3.05) is 0 Å². The van der Waals surface area contributed by atoms with Gasteiger partial charge in [-0.1, -0.05) is 0 Å².